The molecule has 0 spiro atoms. The average Bonchev–Trinajstić information content (AvgIpc) is 2.69. The van der Waals surface area contributed by atoms with Gasteiger partial charge in [-0.05, 0) is 30.7 Å². The van der Waals surface area contributed by atoms with Crippen LogP contribution in [-0.4, -0.2) is 18.1 Å². The molecule has 1 aromatic carbocycles. The molecule has 0 radical (unpaired) electrons. The van der Waals surface area contributed by atoms with Crippen molar-refractivity contribution < 1.29 is 4.74 Å². The Balaban J connectivity index is 2.07. The maximum absolute atomic E-state index is 8.96. The first kappa shape index (κ1) is 11.5. The fourth-order valence-corrected chi connectivity index (χ4v) is 2.24. The first-order valence-corrected chi connectivity index (χ1v) is 6.24. The molecule has 1 aliphatic rings. The number of hydrogen-bond donors (Lipinski definition) is 0. The van der Waals surface area contributed by atoms with Crippen LogP contribution in [0.25, 0.3) is 0 Å². The van der Waals surface area contributed by atoms with Crippen LogP contribution in [0.4, 0.5) is 11.4 Å². The van der Waals surface area contributed by atoms with E-state index in [0.717, 1.165) is 30.1 Å². The summed E-state index contributed by atoms with van der Waals surface area (Å²) < 4.78 is 5.73. The highest BCUT2D eigenvalue weighted by Gasteiger charge is 2.17. The van der Waals surface area contributed by atoms with Crippen molar-refractivity contribution in [2.24, 2.45) is 0 Å². The minimum atomic E-state index is 0.431. The number of nitriles is 1. The Kier molecular flexibility index (Phi) is 3.03. The number of anilines is 2. The van der Waals surface area contributed by atoms with E-state index in [-0.39, 0.29) is 0 Å². The first-order valence-electron chi connectivity index (χ1n) is 6.24. The van der Waals surface area contributed by atoms with Crippen LogP contribution in [0.1, 0.15) is 12.1 Å². The maximum atomic E-state index is 8.96. The molecule has 0 amide bonds. The molecule has 2 heterocycles. The molecule has 0 saturated carbocycles. The van der Waals surface area contributed by atoms with Gasteiger partial charge >= 0.3 is 0 Å². The van der Waals surface area contributed by atoms with Gasteiger partial charge in [0, 0.05) is 18.4 Å². The summed E-state index contributed by atoms with van der Waals surface area (Å²) in [7, 11) is 0. The lowest BCUT2D eigenvalue weighted by atomic mass is 10.2. The smallest absolute Gasteiger partial charge is 0.142 e. The van der Waals surface area contributed by atoms with E-state index in [4.69, 9.17) is 10.00 Å². The minimum Gasteiger partial charge on any atom is -0.491 e. The third-order valence-corrected chi connectivity index (χ3v) is 3.11. The van der Waals surface area contributed by atoms with Gasteiger partial charge in [0.05, 0.1) is 12.3 Å². The summed E-state index contributed by atoms with van der Waals surface area (Å²) in [6, 6.07) is 13.8. The third kappa shape index (κ3) is 2.23. The van der Waals surface area contributed by atoms with Crippen molar-refractivity contribution in [1.82, 2.24) is 4.98 Å². The van der Waals surface area contributed by atoms with E-state index >= 15 is 0 Å². The number of hydrogen-bond acceptors (Lipinski definition) is 4. The van der Waals surface area contributed by atoms with Crippen LogP contribution in [0.3, 0.4) is 0 Å². The SMILES string of the molecule is N#Cc1cc(N2CCCOc3ccccc32)ccn1. The molecular formula is C15H13N3O. The second kappa shape index (κ2) is 4.99. The molecule has 0 unspecified atom stereocenters. The molecule has 0 N–H and O–H groups in total. The Morgan fingerprint density at radius 1 is 1.26 bits per heavy atom. The molecule has 1 aliphatic heterocycles. The second-order valence-corrected chi connectivity index (χ2v) is 4.33. The highest BCUT2D eigenvalue weighted by atomic mass is 16.5. The standard InChI is InChI=1S/C15H13N3O/c16-11-12-10-13(6-7-17-12)18-8-3-9-19-15-5-2-1-4-14(15)18/h1-2,4-7,10H,3,8-9H2. The lowest BCUT2D eigenvalue weighted by molar-refractivity contribution is 0.322. The van der Waals surface area contributed by atoms with Crippen LogP contribution in [0.15, 0.2) is 42.6 Å². The van der Waals surface area contributed by atoms with Crippen molar-refractivity contribution in [2.75, 3.05) is 18.1 Å². The number of para-hydroxylation sites is 2. The van der Waals surface area contributed by atoms with Crippen molar-refractivity contribution in [3.8, 4) is 11.8 Å². The van der Waals surface area contributed by atoms with Gasteiger partial charge in [0.25, 0.3) is 0 Å². The van der Waals surface area contributed by atoms with E-state index in [1.54, 1.807) is 6.20 Å². The summed E-state index contributed by atoms with van der Waals surface area (Å²) in [5, 5.41) is 8.96. The molecule has 1 aromatic heterocycles. The monoisotopic (exact) mass is 251 g/mol. The molecule has 4 nitrogen and oxygen atoms in total. The molecule has 2 aromatic rings. The molecule has 19 heavy (non-hydrogen) atoms. The summed E-state index contributed by atoms with van der Waals surface area (Å²) in [5.74, 6) is 0.885. The number of aromatic nitrogens is 1. The molecular weight excluding hydrogens is 238 g/mol. The van der Waals surface area contributed by atoms with E-state index in [0.29, 0.717) is 12.3 Å². The minimum absolute atomic E-state index is 0.431. The van der Waals surface area contributed by atoms with Crippen molar-refractivity contribution in [2.45, 2.75) is 6.42 Å². The number of rotatable bonds is 1. The van der Waals surface area contributed by atoms with Crippen LogP contribution in [0.2, 0.25) is 0 Å². The van der Waals surface area contributed by atoms with Crippen LogP contribution in [0.5, 0.6) is 5.75 Å². The largest absolute Gasteiger partial charge is 0.491 e. The lowest BCUT2D eigenvalue weighted by Crippen LogP contribution is -2.17. The van der Waals surface area contributed by atoms with Crippen LogP contribution < -0.4 is 9.64 Å². The van der Waals surface area contributed by atoms with Crippen molar-refractivity contribution >= 4 is 11.4 Å². The predicted octanol–water partition coefficient (Wildman–Crippen LogP) is 2.87. The Morgan fingerprint density at radius 3 is 3.05 bits per heavy atom. The Hall–Kier alpha value is -2.54. The van der Waals surface area contributed by atoms with E-state index in [1.807, 2.05) is 36.4 Å². The highest BCUT2D eigenvalue weighted by molar-refractivity contribution is 5.69. The normalized spacial score (nSPS) is 13.9. The highest BCUT2D eigenvalue weighted by Crippen LogP contribution is 2.35. The number of benzene rings is 1. The summed E-state index contributed by atoms with van der Waals surface area (Å²) in [5.41, 5.74) is 2.44. The summed E-state index contributed by atoms with van der Waals surface area (Å²) in [6.45, 7) is 1.58. The van der Waals surface area contributed by atoms with E-state index in [9.17, 15) is 0 Å². The summed E-state index contributed by atoms with van der Waals surface area (Å²) in [6.07, 6.45) is 2.61. The van der Waals surface area contributed by atoms with Gasteiger partial charge < -0.3 is 9.64 Å². The quantitative estimate of drug-likeness (QED) is 0.782. The topological polar surface area (TPSA) is 49.2 Å². The van der Waals surface area contributed by atoms with E-state index in [2.05, 4.69) is 16.0 Å². The van der Waals surface area contributed by atoms with Gasteiger partial charge in [0.1, 0.15) is 17.5 Å². The molecule has 94 valence electrons. The van der Waals surface area contributed by atoms with Crippen LogP contribution in [0, 0.1) is 11.3 Å². The Bertz CT molecular complexity index is 633. The predicted molar refractivity (Wildman–Crippen MR) is 72.5 cm³/mol. The average molecular weight is 251 g/mol. The van der Waals surface area contributed by atoms with Crippen LogP contribution in [-0.2, 0) is 0 Å². The van der Waals surface area contributed by atoms with Crippen molar-refractivity contribution in [1.29, 1.82) is 5.26 Å². The molecule has 4 heteroatoms. The van der Waals surface area contributed by atoms with E-state index < -0.39 is 0 Å². The van der Waals surface area contributed by atoms with Gasteiger partial charge in [0.15, 0.2) is 0 Å². The molecule has 0 bridgehead atoms. The number of pyridine rings is 1. The zero-order chi connectivity index (χ0) is 13.1. The Labute approximate surface area is 111 Å². The zero-order valence-corrected chi connectivity index (χ0v) is 10.4. The second-order valence-electron chi connectivity index (χ2n) is 4.33. The fourth-order valence-electron chi connectivity index (χ4n) is 2.24. The molecule has 0 atom stereocenters. The third-order valence-electron chi connectivity index (χ3n) is 3.11. The maximum Gasteiger partial charge on any atom is 0.142 e. The summed E-state index contributed by atoms with van der Waals surface area (Å²) >= 11 is 0. The van der Waals surface area contributed by atoms with Gasteiger partial charge in [-0.3, -0.25) is 0 Å². The van der Waals surface area contributed by atoms with Crippen molar-refractivity contribution in [3.63, 3.8) is 0 Å². The zero-order valence-electron chi connectivity index (χ0n) is 10.4. The van der Waals surface area contributed by atoms with Gasteiger partial charge in [-0.2, -0.15) is 5.26 Å². The van der Waals surface area contributed by atoms with Crippen molar-refractivity contribution in [3.05, 3.63) is 48.3 Å². The number of nitrogens with zero attached hydrogens (tertiary/aromatic N) is 3. The van der Waals surface area contributed by atoms with Gasteiger partial charge in [-0.25, -0.2) is 4.98 Å². The molecule has 0 fully saturated rings. The number of fused-ring (bicyclic) bond motifs is 1. The fraction of sp³-hybridized carbons (Fsp3) is 0.200. The molecule has 0 saturated heterocycles. The lowest BCUT2D eigenvalue weighted by Gasteiger charge is -2.23. The molecule has 3 rings (SSSR count). The van der Waals surface area contributed by atoms with Gasteiger partial charge in [0.2, 0.25) is 0 Å². The number of ether oxygens (including phenoxy) is 1. The molecule has 0 aliphatic carbocycles. The van der Waals surface area contributed by atoms with Gasteiger partial charge in [-0.1, -0.05) is 12.1 Å². The Morgan fingerprint density at radius 2 is 2.16 bits per heavy atom. The summed E-state index contributed by atoms with van der Waals surface area (Å²) in [4.78, 5) is 6.18. The van der Waals surface area contributed by atoms with E-state index in [1.165, 1.54) is 0 Å². The first-order chi connectivity index (χ1) is 9.38. The van der Waals surface area contributed by atoms with Crippen LogP contribution >= 0.6 is 0 Å². The van der Waals surface area contributed by atoms with Gasteiger partial charge in [-0.15, -0.1) is 0 Å².